The number of aliphatic hydroxyl groups excluding tert-OH is 16. The molecule has 0 aromatic rings. The van der Waals surface area contributed by atoms with Crippen molar-refractivity contribution in [1.82, 2.24) is 0 Å². The number of fused-ring (bicyclic) bond motifs is 5. The number of ketones is 1. The van der Waals surface area contributed by atoms with E-state index < -0.39 is 215 Å². The van der Waals surface area contributed by atoms with Crippen LogP contribution in [0.2, 0.25) is 0 Å². The molecule has 0 amide bonds. The average Bonchev–Trinajstić information content (AvgIpc) is 1.27. The molecule has 0 spiro atoms. The lowest BCUT2D eigenvalue weighted by Crippen LogP contribution is -2.65. The Kier molecular flexibility index (Phi) is 21.8. The third-order valence-corrected chi connectivity index (χ3v) is 22.5. The fourth-order valence-corrected chi connectivity index (χ4v) is 16.8. The van der Waals surface area contributed by atoms with E-state index in [0.29, 0.717) is 32.1 Å². The molecule has 0 radical (unpaired) electrons. The quantitative estimate of drug-likeness (QED) is 0.0514. The third-order valence-electron chi connectivity index (χ3n) is 22.5. The second-order valence-electron chi connectivity index (χ2n) is 28.4. The zero-order valence-electron chi connectivity index (χ0n) is 51.4. The first-order valence-electron chi connectivity index (χ1n) is 31.3. The highest BCUT2D eigenvalue weighted by atomic mass is 16.8. The van der Waals surface area contributed by atoms with Gasteiger partial charge in [-0.25, -0.2) is 0 Å². The van der Waals surface area contributed by atoms with Crippen molar-refractivity contribution in [3.8, 4) is 0 Å². The topological polar surface area (TPSA) is 453 Å². The number of hydrogen-bond acceptors (Lipinski definition) is 28. The van der Waals surface area contributed by atoms with E-state index in [-0.39, 0.29) is 47.7 Å². The molecule has 5 heterocycles. The van der Waals surface area contributed by atoms with Gasteiger partial charge in [0.05, 0.1) is 63.1 Å². The number of Topliss-reactive ketones (excluding diaryl/α,β-unsaturated/α-hetero) is 1. The predicted molar refractivity (Wildman–Crippen MR) is 298 cm³/mol. The van der Waals surface area contributed by atoms with E-state index in [1.54, 1.807) is 13.8 Å². The first-order valence-corrected chi connectivity index (χ1v) is 31.3. The molecule has 508 valence electrons. The van der Waals surface area contributed by atoms with Gasteiger partial charge in [-0.1, -0.05) is 53.2 Å². The number of aliphatic hydroxyl groups is 17. The fraction of sp³-hybridized carbons (Fsp3) is 0.950. The van der Waals surface area contributed by atoms with Gasteiger partial charge in [-0.05, 0) is 93.3 Å². The molecule has 33 atom stereocenters. The van der Waals surface area contributed by atoms with Crippen molar-refractivity contribution < 1.29 is 139 Å². The minimum absolute atomic E-state index is 0.0340. The van der Waals surface area contributed by atoms with Crippen LogP contribution < -0.4 is 0 Å². The Bertz CT molecular complexity index is 2360. The number of hydrogen-bond donors (Lipinski definition) is 17. The van der Waals surface area contributed by atoms with Gasteiger partial charge in [-0.15, -0.1) is 0 Å². The highest BCUT2D eigenvalue weighted by molar-refractivity contribution is 5.88. The highest BCUT2D eigenvalue weighted by Gasteiger charge is 2.71. The Labute approximate surface area is 511 Å². The first-order chi connectivity index (χ1) is 41.2. The molecule has 28 heteroatoms. The van der Waals surface area contributed by atoms with Crippen molar-refractivity contribution in [2.45, 2.75) is 278 Å². The summed E-state index contributed by atoms with van der Waals surface area (Å²) in [6, 6.07) is 0. The molecule has 28 nitrogen and oxygen atoms in total. The van der Waals surface area contributed by atoms with Crippen LogP contribution in [0, 0.1) is 45.3 Å². The van der Waals surface area contributed by atoms with Crippen LogP contribution in [0.5, 0.6) is 0 Å². The minimum Gasteiger partial charge on any atom is -0.394 e. The Morgan fingerprint density at radius 1 is 0.580 bits per heavy atom. The van der Waals surface area contributed by atoms with Crippen LogP contribution in [0.3, 0.4) is 0 Å². The van der Waals surface area contributed by atoms with Crippen molar-refractivity contribution in [1.29, 1.82) is 0 Å². The van der Waals surface area contributed by atoms with E-state index in [1.165, 1.54) is 0 Å². The van der Waals surface area contributed by atoms with E-state index in [0.717, 1.165) is 18.4 Å². The van der Waals surface area contributed by atoms with E-state index in [4.69, 9.17) is 47.4 Å². The van der Waals surface area contributed by atoms with Crippen molar-refractivity contribution in [2.75, 3.05) is 33.0 Å². The van der Waals surface area contributed by atoms with E-state index in [1.807, 2.05) is 13.8 Å². The standard InChI is InChI=1S/C60H100O28/c1-24(9-13-37(57(4,5)78)86-55-49(87-53-46(75)42(71)39(68)31(20-62)82-53)29(65)17-25(80-55)23-79-51-45(74)41(70)38(67)30(19-61)81-51)26-15-16-58(6)34-12-10-27-28(60(34,8)35(66)18-59(26,58)7)11-14-36(56(27,2)3)85-52-48(77)44(73)50(33(22-64)84-52)88-54-47(76)43(72)40(69)32(21-63)83-54/h10,24-26,28-34,36-55,61-65,67-78H,9,11-23H2,1-8H3/t24-,25+,26-,28?,29+,30-,31-,32-,33-,34?,36+,37-,38-,39-,40-,41+,42+,43+,44-,45-,46-,47-,48-,49-,50-,51-,52+,53+,54+,55+,58+,59-,60+/m1/s1. The van der Waals surface area contributed by atoms with Crippen molar-refractivity contribution in [3.05, 3.63) is 11.6 Å². The summed E-state index contributed by atoms with van der Waals surface area (Å²) in [4.78, 5) is 15.4. The van der Waals surface area contributed by atoms with Crippen LogP contribution in [-0.2, 0) is 52.2 Å². The Balaban J connectivity index is 0.877. The summed E-state index contributed by atoms with van der Waals surface area (Å²) in [6.45, 7) is 12.6. The van der Waals surface area contributed by atoms with Crippen molar-refractivity contribution >= 4 is 5.78 Å². The third kappa shape index (κ3) is 12.7. The lowest BCUT2D eigenvalue weighted by molar-refractivity contribution is -0.368. The molecule has 0 aromatic heterocycles. The molecule has 17 N–H and O–H groups in total. The Hall–Kier alpha value is -1.67. The maximum Gasteiger partial charge on any atom is 0.187 e. The smallest absolute Gasteiger partial charge is 0.187 e. The van der Waals surface area contributed by atoms with Crippen molar-refractivity contribution in [2.24, 2.45) is 45.3 Å². The van der Waals surface area contributed by atoms with E-state index >= 15 is 4.79 Å². The molecule has 4 aliphatic carbocycles. The molecule has 3 saturated carbocycles. The van der Waals surface area contributed by atoms with Crippen LogP contribution in [-0.4, -0.2) is 291 Å². The molecule has 8 fully saturated rings. The molecule has 5 aliphatic heterocycles. The van der Waals surface area contributed by atoms with Crippen LogP contribution in [0.4, 0.5) is 0 Å². The highest BCUT2D eigenvalue weighted by Crippen LogP contribution is 2.74. The summed E-state index contributed by atoms with van der Waals surface area (Å²) in [5, 5.41) is 181. The number of allylic oxidation sites excluding steroid dienone is 1. The van der Waals surface area contributed by atoms with Crippen LogP contribution >= 0.6 is 0 Å². The molecule has 2 unspecified atom stereocenters. The van der Waals surface area contributed by atoms with Gasteiger partial charge in [0.25, 0.3) is 0 Å². The van der Waals surface area contributed by atoms with E-state index in [9.17, 15) is 86.8 Å². The van der Waals surface area contributed by atoms with Crippen molar-refractivity contribution in [3.63, 3.8) is 0 Å². The predicted octanol–water partition coefficient (Wildman–Crippen LogP) is -4.17. The average molecular weight is 1270 g/mol. The molecule has 88 heavy (non-hydrogen) atoms. The van der Waals surface area contributed by atoms with Gasteiger partial charge in [0, 0.05) is 23.7 Å². The molecular weight excluding hydrogens is 1170 g/mol. The van der Waals surface area contributed by atoms with Crippen LogP contribution in [0.25, 0.3) is 0 Å². The second-order valence-corrected chi connectivity index (χ2v) is 28.4. The summed E-state index contributed by atoms with van der Waals surface area (Å²) in [5.41, 5.74) is -2.78. The molecule has 9 rings (SSSR count). The molecule has 9 aliphatic rings. The maximum absolute atomic E-state index is 15.4. The number of ether oxygens (including phenoxy) is 10. The summed E-state index contributed by atoms with van der Waals surface area (Å²) in [5.74, 6) is -0.0354. The molecule has 0 bridgehead atoms. The zero-order chi connectivity index (χ0) is 64.7. The number of carbonyl (C=O) groups is 1. The number of rotatable bonds is 20. The fourth-order valence-electron chi connectivity index (χ4n) is 16.8. The van der Waals surface area contributed by atoms with Gasteiger partial charge in [0.15, 0.2) is 31.5 Å². The number of carbonyl (C=O) groups excluding carboxylic acids is 1. The summed E-state index contributed by atoms with van der Waals surface area (Å²) < 4.78 is 59.9. The summed E-state index contributed by atoms with van der Waals surface area (Å²) in [6.07, 6.45) is -33.4. The SMILES string of the molecule is C[C@H](CC[C@@H](O[C@@H]1O[C@H](CO[C@@H]2O[C@H](CO)[C@@H](O)[C@H](O)[C@H]2O)C[C@H](O)[C@H]1O[C@@H]1O[C@H](CO)[C@@H](O)[C@H](O)[C@H]1O)C(C)(C)O)[C@H]1CC[C@@]2(C)C3CC=C4C(CC[C@H](O[C@@H]5O[C@H](CO)[C@@H](O[C@@H]6O[C@H](CO)[C@@H](O)[C@H](O)[C@H]6O)[C@H](O)[C@H]5O)C4(C)C)[C@]3(C)C(=O)C[C@]12C. The maximum atomic E-state index is 15.4. The Morgan fingerprint density at radius 2 is 1.08 bits per heavy atom. The largest absolute Gasteiger partial charge is 0.394 e. The molecule has 5 saturated heterocycles. The Morgan fingerprint density at radius 3 is 1.62 bits per heavy atom. The van der Waals surface area contributed by atoms with Gasteiger partial charge in [-0.3, -0.25) is 4.79 Å². The van der Waals surface area contributed by atoms with Gasteiger partial charge < -0.3 is 134 Å². The summed E-state index contributed by atoms with van der Waals surface area (Å²) >= 11 is 0. The lowest BCUT2D eigenvalue weighted by atomic mass is 9.38. The normalized spacial score (nSPS) is 50.6. The van der Waals surface area contributed by atoms with Gasteiger partial charge in [0.2, 0.25) is 0 Å². The summed E-state index contributed by atoms with van der Waals surface area (Å²) in [7, 11) is 0. The van der Waals surface area contributed by atoms with Gasteiger partial charge >= 0.3 is 0 Å². The van der Waals surface area contributed by atoms with E-state index in [2.05, 4.69) is 33.8 Å². The van der Waals surface area contributed by atoms with Crippen LogP contribution in [0.1, 0.15) is 113 Å². The first kappa shape index (κ1) is 70.6. The molecule has 0 aromatic carbocycles. The van der Waals surface area contributed by atoms with Gasteiger partial charge in [0.1, 0.15) is 110 Å². The van der Waals surface area contributed by atoms with Gasteiger partial charge in [-0.2, -0.15) is 0 Å². The zero-order valence-corrected chi connectivity index (χ0v) is 51.4. The second kappa shape index (κ2) is 27.2. The van der Waals surface area contributed by atoms with Crippen LogP contribution in [0.15, 0.2) is 11.6 Å². The minimum atomic E-state index is -1.87. The monoisotopic (exact) mass is 1270 g/mol. The molecular formula is C60H100O28. The lowest BCUT2D eigenvalue weighted by Gasteiger charge is -2.65.